The van der Waals surface area contributed by atoms with Gasteiger partial charge < -0.3 is 20.4 Å². The molecule has 0 aliphatic heterocycles. The molecule has 0 bridgehead atoms. The van der Waals surface area contributed by atoms with E-state index < -0.39 is 11.9 Å². The molecule has 2 rings (SSSR count). The van der Waals surface area contributed by atoms with Crippen molar-refractivity contribution >= 4 is 11.9 Å². The van der Waals surface area contributed by atoms with Crippen molar-refractivity contribution in [1.82, 2.24) is 0 Å². The molecule has 0 saturated carbocycles. The zero-order chi connectivity index (χ0) is 24.7. The molecule has 6 heteroatoms. The quantitative estimate of drug-likeness (QED) is 0.451. The van der Waals surface area contributed by atoms with Crippen LogP contribution in [0.5, 0.6) is 0 Å². The number of hydrogen-bond acceptors (Lipinski definition) is 4. The lowest BCUT2D eigenvalue weighted by molar-refractivity contribution is 0.0186. The van der Waals surface area contributed by atoms with Gasteiger partial charge in [0, 0.05) is 5.92 Å². The minimum Gasteiger partial charge on any atom is -0.478 e. The Kier molecular flexibility index (Phi) is 14.7. The Morgan fingerprint density at radius 1 is 0.656 bits per heavy atom. The number of carboxylic acids is 2. The van der Waals surface area contributed by atoms with E-state index in [0.717, 1.165) is 36.8 Å². The second-order valence-electron chi connectivity index (χ2n) is 7.52. The number of hydrogen-bond donors (Lipinski definition) is 4. The Bertz CT molecular complexity index is 715. The second-order valence-corrected chi connectivity index (χ2v) is 7.52. The maximum Gasteiger partial charge on any atom is 0.335 e. The highest BCUT2D eigenvalue weighted by Gasteiger charge is 2.18. The van der Waals surface area contributed by atoms with Crippen LogP contribution in [0.25, 0.3) is 0 Å². The van der Waals surface area contributed by atoms with Crippen molar-refractivity contribution in [3.05, 3.63) is 70.8 Å². The molecule has 0 heterocycles. The zero-order valence-corrected chi connectivity index (χ0v) is 19.8. The molecular formula is C26H38O6. The summed E-state index contributed by atoms with van der Waals surface area (Å²) in [4.78, 5) is 20.8. The van der Waals surface area contributed by atoms with Gasteiger partial charge in [0.1, 0.15) is 0 Å². The Hall–Kier alpha value is -2.70. The maximum absolute atomic E-state index is 10.4. The molecular weight excluding hydrogens is 408 g/mol. The third-order valence-corrected chi connectivity index (χ3v) is 5.27. The fourth-order valence-corrected chi connectivity index (χ4v) is 2.77. The van der Waals surface area contributed by atoms with Crippen molar-refractivity contribution < 1.29 is 30.0 Å². The molecule has 0 aliphatic carbocycles. The summed E-state index contributed by atoms with van der Waals surface area (Å²) in [5, 5.41) is 35.6. The van der Waals surface area contributed by atoms with Crippen molar-refractivity contribution in [3.8, 4) is 0 Å². The third kappa shape index (κ3) is 11.1. The highest BCUT2D eigenvalue weighted by molar-refractivity contribution is 5.87. The Labute approximate surface area is 191 Å². The van der Waals surface area contributed by atoms with Crippen molar-refractivity contribution in [1.29, 1.82) is 0 Å². The summed E-state index contributed by atoms with van der Waals surface area (Å²) in [6.07, 6.45) is 2.63. The van der Waals surface area contributed by atoms with E-state index >= 15 is 0 Å². The average Bonchev–Trinajstić information content (AvgIpc) is 2.83. The maximum atomic E-state index is 10.4. The van der Waals surface area contributed by atoms with Gasteiger partial charge in [0.2, 0.25) is 0 Å². The zero-order valence-electron chi connectivity index (χ0n) is 19.8. The number of benzene rings is 2. The summed E-state index contributed by atoms with van der Waals surface area (Å²) in [6.45, 7) is 9.79. The predicted molar refractivity (Wildman–Crippen MR) is 127 cm³/mol. The van der Waals surface area contributed by atoms with Crippen LogP contribution < -0.4 is 0 Å². The number of carboxylic acid groups (broad SMARTS) is 2. The van der Waals surface area contributed by atoms with E-state index in [1.54, 1.807) is 24.3 Å². The van der Waals surface area contributed by atoms with Crippen LogP contribution in [-0.4, -0.2) is 44.6 Å². The molecule has 2 unspecified atom stereocenters. The first-order chi connectivity index (χ1) is 15.1. The standard InChI is InChI=1S/2C9H10O2.C8H18O2/c2*1-2-7-3-5-8(6-4-7)9(10)11;1-4-7(9)6(3)8(10)5-2/h2*3-6H,2H2,1H3,(H,10,11);6-10H,4-5H2,1-3H3. The molecule has 0 aliphatic rings. The summed E-state index contributed by atoms with van der Waals surface area (Å²) in [6, 6.07) is 13.9. The molecule has 4 N–H and O–H groups in total. The average molecular weight is 447 g/mol. The highest BCUT2D eigenvalue weighted by atomic mass is 16.4. The number of rotatable bonds is 8. The number of aliphatic hydroxyl groups excluding tert-OH is 2. The first-order valence-corrected chi connectivity index (χ1v) is 11.1. The van der Waals surface area contributed by atoms with Crippen molar-refractivity contribution in [3.63, 3.8) is 0 Å². The molecule has 0 saturated heterocycles. The molecule has 178 valence electrons. The van der Waals surface area contributed by atoms with Gasteiger partial charge >= 0.3 is 11.9 Å². The van der Waals surface area contributed by atoms with Gasteiger partial charge in [0.05, 0.1) is 23.3 Å². The van der Waals surface area contributed by atoms with Gasteiger partial charge in [0.25, 0.3) is 0 Å². The van der Waals surface area contributed by atoms with Crippen LogP contribution in [0.1, 0.15) is 79.3 Å². The Balaban J connectivity index is 0.000000452. The lowest BCUT2D eigenvalue weighted by Crippen LogP contribution is -2.28. The summed E-state index contributed by atoms with van der Waals surface area (Å²) >= 11 is 0. The van der Waals surface area contributed by atoms with Gasteiger partial charge in [-0.15, -0.1) is 0 Å². The second kappa shape index (κ2) is 16.0. The normalized spacial score (nSPS) is 12.8. The molecule has 32 heavy (non-hydrogen) atoms. The van der Waals surface area contributed by atoms with Crippen LogP contribution in [0.3, 0.4) is 0 Å². The van der Waals surface area contributed by atoms with Gasteiger partial charge in [-0.3, -0.25) is 0 Å². The van der Waals surface area contributed by atoms with Crippen LogP contribution in [0.2, 0.25) is 0 Å². The molecule has 0 radical (unpaired) electrons. The summed E-state index contributed by atoms with van der Waals surface area (Å²) in [5.74, 6) is -1.73. The molecule has 0 amide bonds. The fraction of sp³-hybridized carbons (Fsp3) is 0.462. The first-order valence-electron chi connectivity index (χ1n) is 11.1. The van der Waals surface area contributed by atoms with E-state index in [4.69, 9.17) is 10.2 Å². The van der Waals surface area contributed by atoms with Gasteiger partial charge in [-0.1, -0.05) is 58.9 Å². The Morgan fingerprint density at radius 2 is 0.938 bits per heavy atom. The predicted octanol–water partition coefficient (Wildman–Crippen LogP) is 5.06. The van der Waals surface area contributed by atoms with Crippen LogP contribution in [-0.2, 0) is 12.8 Å². The van der Waals surface area contributed by atoms with Gasteiger partial charge in [-0.05, 0) is 61.1 Å². The van der Waals surface area contributed by atoms with E-state index in [9.17, 15) is 19.8 Å². The fourth-order valence-electron chi connectivity index (χ4n) is 2.77. The van der Waals surface area contributed by atoms with E-state index in [1.807, 2.05) is 58.9 Å². The van der Waals surface area contributed by atoms with Crippen LogP contribution in [0.15, 0.2) is 48.5 Å². The molecule has 2 atom stereocenters. The number of aromatic carboxylic acids is 2. The third-order valence-electron chi connectivity index (χ3n) is 5.27. The SMILES string of the molecule is CCC(O)C(C)C(O)CC.CCc1ccc(C(=O)O)cc1.CCc1ccc(C(=O)O)cc1. The van der Waals surface area contributed by atoms with Crippen molar-refractivity contribution in [2.75, 3.05) is 0 Å². The minimum absolute atomic E-state index is 0.00926. The summed E-state index contributed by atoms with van der Waals surface area (Å²) < 4.78 is 0. The highest BCUT2D eigenvalue weighted by Crippen LogP contribution is 2.13. The van der Waals surface area contributed by atoms with E-state index in [-0.39, 0.29) is 18.1 Å². The van der Waals surface area contributed by atoms with Gasteiger partial charge in [-0.2, -0.15) is 0 Å². The number of aliphatic hydroxyl groups is 2. The molecule has 6 nitrogen and oxygen atoms in total. The van der Waals surface area contributed by atoms with Gasteiger partial charge in [-0.25, -0.2) is 9.59 Å². The van der Waals surface area contributed by atoms with Crippen molar-refractivity contribution in [2.24, 2.45) is 5.92 Å². The van der Waals surface area contributed by atoms with Crippen LogP contribution in [0, 0.1) is 5.92 Å². The van der Waals surface area contributed by atoms with E-state index in [1.165, 1.54) is 0 Å². The lowest BCUT2D eigenvalue weighted by atomic mass is 9.95. The van der Waals surface area contributed by atoms with Crippen molar-refractivity contribution in [2.45, 2.75) is 72.5 Å². The molecule has 0 aromatic heterocycles. The van der Waals surface area contributed by atoms with Crippen LogP contribution >= 0.6 is 0 Å². The largest absolute Gasteiger partial charge is 0.478 e. The monoisotopic (exact) mass is 446 g/mol. The van der Waals surface area contributed by atoms with Crippen LogP contribution in [0.4, 0.5) is 0 Å². The first kappa shape index (κ1) is 29.3. The number of carbonyl (C=O) groups is 2. The minimum atomic E-state index is -0.868. The van der Waals surface area contributed by atoms with E-state index in [0.29, 0.717) is 11.1 Å². The Morgan fingerprint density at radius 3 is 1.12 bits per heavy atom. The lowest BCUT2D eigenvalue weighted by Gasteiger charge is -2.21. The molecule has 2 aromatic carbocycles. The number of aryl methyl sites for hydroxylation is 2. The summed E-state index contributed by atoms with van der Waals surface area (Å²) in [7, 11) is 0. The molecule has 0 fully saturated rings. The topological polar surface area (TPSA) is 115 Å². The van der Waals surface area contributed by atoms with E-state index in [2.05, 4.69) is 0 Å². The summed E-state index contributed by atoms with van der Waals surface area (Å²) in [5.41, 5.74) is 3.02. The molecule has 0 spiro atoms. The smallest absolute Gasteiger partial charge is 0.335 e. The molecule has 2 aromatic rings. The van der Waals surface area contributed by atoms with Gasteiger partial charge in [0.15, 0.2) is 0 Å².